The summed E-state index contributed by atoms with van der Waals surface area (Å²) >= 11 is 0. The third kappa shape index (κ3) is 6.65. The van der Waals surface area contributed by atoms with Crippen LogP contribution in [-0.2, 0) is 38.1 Å². The molecule has 0 aromatic heterocycles. The maximum Gasteiger partial charge on any atom is 0.366 e. The molecule has 13 heteroatoms. The smallest absolute Gasteiger partial charge is 0.366 e. The first-order chi connectivity index (χ1) is 20.1. The maximum atomic E-state index is 12.6. The number of phenols is 2. The minimum atomic E-state index is -1.99. The van der Waals surface area contributed by atoms with Crippen LogP contribution in [0.2, 0.25) is 0 Å². The number of aliphatic hydroxyl groups is 1. The van der Waals surface area contributed by atoms with Gasteiger partial charge in [0.15, 0.2) is 23.0 Å². The predicted octanol–water partition coefficient (Wildman–Crippen LogP) is 1.71. The van der Waals surface area contributed by atoms with Crippen LogP contribution in [0.1, 0.15) is 17.5 Å². The summed E-state index contributed by atoms with van der Waals surface area (Å²) in [6, 6.07) is 8.94. The van der Waals surface area contributed by atoms with Gasteiger partial charge in [-0.25, -0.2) is 14.4 Å². The minimum Gasteiger partial charge on any atom is -0.504 e. The van der Waals surface area contributed by atoms with Crippen LogP contribution in [0.25, 0.3) is 12.2 Å². The summed E-state index contributed by atoms with van der Waals surface area (Å²) in [5.74, 6) is -4.18. The second-order valence-corrected chi connectivity index (χ2v) is 9.31. The molecule has 2 aliphatic heterocycles. The average molecular weight is 587 g/mol. The number of aliphatic hydroxyl groups excluding tert-OH is 1. The van der Waals surface area contributed by atoms with Crippen LogP contribution in [0.15, 0.2) is 48.6 Å². The van der Waals surface area contributed by atoms with E-state index >= 15 is 0 Å². The highest BCUT2D eigenvalue weighted by molar-refractivity contribution is 5.88. The van der Waals surface area contributed by atoms with E-state index in [9.17, 15) is 29.7 Å². The van der Waals surface area contributed by atoms with E-state index < -0.39 is 54.7 Å². The van der Waals surface area contributed by atoms with Gasteiger partial charge in [-0.2, -0.15) is 0 Å². The van der Waals surface area contributed by atoms with Crippen LogP contribution >= 0.6 is 0 Å². The van der Waals surface area contributed by atoms with Crippen molar-refractivity contribution in [3.8, 4) is 23.0 Å². The van der Waals surface area contributed by atoms with Gasteiger partial charge >= 0.3 is 17.9 Å². The molecule has 1 unspecified atom stereocenters. The number of benzene rings is 2. The molecule has 2 heterocycles. The van der Waals surface area contributed by atoms with Crippen molar-refractivity contribution in [1.82, 2.24) is 0 Å². The maximum absolute atomic E-state index is 12.6. The molecule has 13 nitrogen and oxygen atoms in total. The topological polar surface area (TPSA) is 177 Å². The van der Waals surface area contributed by atoms with Crippen molar-refractivity contribution in [3.63, 3.8) is 0 Å². The highest BCUT2D eigenvalue weighted by Crippen LogP contribution is 2.42. The molecule has 2 aromatic carbocycles. The van der Waals surface area contributed by atoms with Gasteiger partial charge in [0.05, 0.1) is 27.8 Å². The molecular weight excluding hydrogens is 556 g/mol. The largest absolute Gasteiger partial charge is 0.504 e. The van der Waals surface area contributed by atoms with Crippen LogP contribution < -0.4 is 9.47 Å². The molecule has 3 N–H and O–H groups in total. The number of rotatable bonds is 10. The van der Waals surface area contributed by atoms with E-state index in [2.05, 4.69) is 0 Å². The number of fused-ring (bicyclic) bond motifs is 2. The molecule has 224 valence electrons. The van der Waals surface area contributed by atoms with Crippen molar-refractivity contribution in [3.05, 3.63) is 59.7 Å². The highest BCUT2D eigenvalue weighted by atomic mass is 16.8. The third-order valence-corrected chi connectivity index (χ3v) is 6.61. The van der Waals surface area contributed by atoms with Gasteiger partial charge in [0.1, 0.15) is 31.0 Å². The summed E-state index contributed by atoms with van der Waals surface area (Å²) in [5.41, 5.74) is 1.09. The lowest BCUT2D eigenvalue weighted by Gasteiger charge is -2.36. The second-order valence-electron chi connectivity index (χ2n) is 9.31. The zero-order valence-corrected chi connectivity index (χ0v) is 22.9. The van der Waals surface area contributed by atoms with Crippen LogP contribution in [0.5, 0.6) is 23.0 Å². The molecule has 0 amide bonds. The summed E-state index contributed by atoms with van der Waals surface area (Å²) < 4.78 is 37.1. The van der Waals surface area contributed by atoms with E-state index in [1.165, 1.54) is 50.6 Å². The van der Waals surface area contributed by atoms with Gasteiger partial charge in [-0.3, -0.25) is 0 Å². The molecule has 2 fully saturated rings. The molecule has 4 rings (SSSR count). The van der Waals surface area contributed by atoms with Gasteiger partial charge in [-0.05, 0) is 47.5 Å². The first kappa shape index (κ1) is 30.4. The van der Waals surface area contributed by atoms with E-state index in [4.69, 9.17) is 33.2 Å². The van der Waals surface area contributed by atoms with Gasteiger partial charge in [-0.1, -0.05) is 12.1 Å². The van der Waals surface area contributed by atoms with Crippen molar-refractivity contribution in [1.29, 1.82) is 0 Å². The molecule has 2 aromatic rings. The average Bonchev–Trinajstić information content (AvgIpc) is 3.32. The number of ether oxygens (including phenoxy) is 7. The van der Waals surface area contributed by atoms with Gasteiger partial charge in [0, 0.05) is 12.2 Å². The molecule has 2 saturated heterocycles. The van der Waals surface area contributed by atoms with E-state index in [1.54, 1.807) is 12.1 Å². The Labute approximate surface area is 240 Å². The fraction of sp³-hybridized carbons (Fsp3) is 0.345. The number of carbonyl (C=O) groups excluding carboxylic acids is 3. The highest BCUT2D eigenvalue weighted by Gasteiger charge is 2.63. The lowest BCUT2D eigenvalue weighted by Crippen LogP contribution is -2.55. The van der Waals surface area contributed by atoms with Crippen molar-refractivity contribution >= 4 is 30.1 Å². The number of carbonyl (C=O) groups is 3. The summed E-state index contributed by atoms with van der Waals surface area (Å²) in [4.78, 5) is 37.5. The first-order valence-electron chi connectivity index (χ1n) is 12.7. The summed E-state index contributed by atoms with van der Waals surface area (Å²) in [6.07, 6.45) is -0.209. The Morgan fingerprint density at radius 2 is 1.48 bits per heavy atom. The molecule has 0 aliphatic carbocycles. The molecule has 2 bridgehead atoms. The van der Waals surface area contributed by atoms with E-state index in [1.807, 2.05) is 0 Å². The van der Waals surface area contributed by atoms with Crippen molar-refractivity contribution < 1.29 is 62.9 Å². The van der Waals surface area contributed by atoms with E-state index in [0.717, 1.165) is 19.3 Å². The molecular formula is C29H30O13. The molecule has 5 atom stereocenters. The monoisotopic (exact) mass is 586 g/mol. The zero-order chi connectivity index (χ0) is 30.4. The Morgan fingerprint density at radius 1 is 0.905 bits per heavy atom. The quantitative estimate of drug-likeness (QED) is 0.209. The molecule has 42 heavy (non-hydrogen) atoms. The Morgan fingerprint density at radius 3 is 2.02 bits per heavy atom. The minimum absolute atomic E-state index is 0.0576. The number of methoxy groups -OCH3 is 3. The SMILES string of the molecule is COC(=O)[C@@]12C[C@H](OC(=O)/C=C/c3ccc(O)c(OC)c3)[C@H](O)C(O1)[C@@H](COC(=O)/C=C/c1ccc(O)c(OC)c1)O2. The Balaban J connectivity index is 1.41. The number of phenolic OH excluding ortho intramolecular Hbond substituents is 2. The van der Waals surface area contributed by atoms with E-state index in [-0.39, 0.29) is 29.4 Å². The van der Waals surface area contributed by atoms with Gasteiger partial charge in [0.25, 0.3) is 5.79 Å². The lowest BCUT2D eigenvalue weighted by atomic mass is 9.95. The first-order valence-corrected chi connectivity index (χ1v) is 12.7. The molecule has 0 radical (unpaired) electrons. The number of aromatic hydroxyl groups is 2. The lowest BCUT2D eigenvalue weighted by molar-refractivity contribution is -0.249. The van der Waals surface area contributed by atoms with Crippen LogP contribution in [0, 0.1) is 0 Å². The third-order valence-electron chi connectivity index (χ3n) is 6.61. The normalized spacial score (nSPS) is 24.9. The predicted molar refractivity (Wildman–Crippen MR) is 143 cm³/mol. The Bertz CT molecular complexity index is 1380. The molecule has 2 aliphatic rings. The van der Waals surface area contributed by atoms with Gasteiger partial charge < -0.3 is 48.5 Å². The van der Waals surface area contributed by atoms with Crippen molar-refractivity contribution in [2.75, 3.05) is 27.9 Å². The summed E-state index contributed by atoms with van der Waals surface area (Å²) in [7, 11) is 3.90. The standard InChI is InChI=1S/C29H30O13/c1-36-20-12-16(4-8-18(20)30)6-10-24(32)39-15-23-27-26(34)22(14-29(41-23,42-27)28(35)38-3)40-25(33)11-7-17-5-9-19(31)21(13-17)37-2/h4-13,22-23,26-27,30-31,34H,14-15H2,1-3H3/b10-6+,11-7+/t22-,23+,26-,27?,29+/m0/s1. The summed E-state index contributed by atoms with van der Waals surface area (Å²) in [5, 5.41) is 30.3. The van der Waals surface area contributed by atoms with E-state index in [0.29, 0.717) is 11.1 Å². The second kappa shape index (κ2) is 12.9. The Kier molecular flexibility index (Phi) is 9.35. The fourth-order valence-electron chi connectivity index (χ4n) is 4.52. The van der Waals surface area contributed by atoms with Crippen molar-refractivity contribution in [2.24, 2.45) is 0 Å². The Hall–Kier alpha value is -4.59. The molecule has 0 spiro atoms. The number of esters is 3. The van der Waals surface area contributed by atoms with Gasteiger partial charge in [-0.15, -0.1) is 0 Å². The van der Waals surface area contributed by atoms with Crippen LogP contribution in [0.3, 0.4) is 0 Å². The number of hydrogen-bond donors (Lipinski definition) is 3. The fourth-order valence-corrected chi connectivity index (χ4v) is 4.52. The van der Waals surface area contributed by atoms with Crippen LogP contribution in [0.4, 0.5) is 0 Å². The summed E-state index contributed by atoms with van der Waals surface area (Å²) in [6.45, 7) is -0.397. The number of hydrogen-bond acceptors (Lipinski definition) is 13. The van der Waals surface area contributed by atoms with Crippen LogP contribution in [-0.4, -0.2) is 91.4 Å². The zero-order valence-electron chi connectivity index (χ0n) is 22.9. The van der Waals surface area contributed by atoms with Gasteiger partial charge in [0.2, 0.25) is 0 Å². The van der Waals surface area contributed by atoms with Crippen molar-refractivity contribution in [2.45, 2.75) is 36.6 Å². The molecule has 0 saturated carbocycles.